The number of methoxy groups -OCH3 is 1. The van der Waals surface area contributed by atoms with Crippen molar-refractivity contribution in [2.24, 2.45) is 5.73 Å². The Morgan fingerprint density at radius 2 is 2.11 bits per heavy atom. The molecule has 1 rings (SSSR count). The maximum Gasteiger partial charge on any atom is 0.250 e. The molecule has 0 heterocycles. The largest absolute Gasteiger partial charge is 0.394 e. The molecule has 0 saturated heterocycles. The first-order chi connectivity index (χ1) is 8.71. The molecule has 0 fully saturated rings. The monoisotopic (exact) mass is 252 g/mol. The Labute approximate surface area is 107 Å². The van der Waals surface area contributed by atoms with E-state index in [0.717, 1.165) is 5.56 Å². The molecular formula is C13H20N2O3. The standard InChI is InChI=1S/C13H20N2O3/c1-18-12(8-14)13(17)15-11(9-16)7-10-5-3-2-4-6-10/h2-6,11-12,16H,7-9,14H2,1H3,(H,15,17)/t11-,12?/m0/s1. The first-order valence-electron chi connectivity index (χ1n) is 5.89. The van der Waals surface area contributed by atoms with Crippen LogP contribution in [-0.4, -0.2) is 43.4 Å². The minimum atomic E-state index is -0.671. The van der Waals surface area contributed by atoms with Crippen molar-refractivity contribution < 1.29 is 14.6 Å². The number of hydrogen-bond acceptors (Lipinski definition) is 4. The van der Waals surface area contributed by atoms with Crippen LogP contribution < -0.4 is 11.1 Å². The number of rotatable bonds is 7. The highest BCUT2D eigenvalue weighted by Crippen LogP contribution is 2.03. The van der Waals surface area contributed by atoms with Gasteiger partial charge in [-0.25, -0.2) is 0 Å². The van der Waals surface area contributed by atoms with Crippen LogP contribution >= 0.6 is 0 Å². The van der Waals surface area contributed by atoms with Crippen LogP contribution in [0.2, 0.25) is 0 Å². The van der Waals surface area contributed by atoms with E-state index >= 15 is 0 Å². The summed E-state index contributed by atoms with van der Waals surface area (Å²) in [7, 11) is 1.43. The van der Waals surface area contributed by atoms with Gasteiger partial charge < -0.3 is 20.9 Å². The molecule has 0 aromatic heterocycles. The van der Waals surface area contributed by atoms with Crippen molar-refractivity contribution in [2.45, 2.75) is 18.6 Å². The van der Waals surface area contributed by atoms with E-state index < -0.39 is 6.10 Å². The summed E-state index contributed by atoms with van der Waals surface area (Å²) in [4.78, 5) is 11.7. The van der Waals surface area contributed by atoms with Gasteiger partial charge in [0.2, 0.25) is 0 Å². The van der Waals surface area contributed by atoms with E-state index in [-0.39, 0.29) is 25.1 Å². The second kappa shape index (κ2) is 7.81. The molecule has 0 bridgehead atoms. The Bertz CT molecular complexity index is 353. The number of amides is 1. The SMILES string of the molecule is COC(CN)C(=O)N[C@H](CO)Cc1ccccc1. The quantitative estimate of drug-likeness (QED) is 0.621. The molecule has 1 aromatic carbocycles. The lowest BCUT2D eigenvalue weighted by atomic mass is 10.1. The fourth-order valence-electron chi connectivity index (χ4n) is 1.66. The van der Waals surface area contributed by atoms with Gasteiger partial charge in [-0.1, -0.05) is 30.3 Å². The van der Waals surface area contributed by atoms with Gasteiger partial charge in [-0.3, -0.25) is 4.79 Å². The van der Waals surface area contributed by atoms with Crippen LogP contribution in [-0.2, 0) is 16.0 Å². The van der Waals surface area contributed by atoms with Gasteiger partial charge in [0.05, 0.1) is 12.6 Å². The molecule has 0 spiro atoms. The third-order valence-electron chi connectivity index (χ3n) is 2.68. The van der Waals surface area contributed by atoms with Gasteiger partial charge in [0.25, 0.3) is 5.91 Å². The van der Waals surface area contributed by atoms with Crippen molar-refractivity contribution >= 4 is 5.91 Å². The van der Waals surface area contributed by atoms with Crippen LogP contribution in [0.1, 0.15) is 5.56 Å². The van der Waals surface area contributed by atoms with Gasteiger partial charge in [0.15, 0.2) is 0 Å². The minimum Gasteiger partial charge on any atom is -0.394 e. The molecule has 2 atom stereocenters. The number of benzene rings is 1. The summed E-state index contributed by atoms with van der Waals surface area (Å²) >= 11 is 0. The number of nitrogens with one attached hydrogen (secondary N) is 1. The lowest BCUT2D eigenvalue weighted by Gasteiger charge is -2.19. The van der Waals surface area contributed by atoms with Gasteiger partial charge >= 0.3 is 0 Å². The number of carbonyl (C=O) groups is 1. The van der Waals surface area contributed by atoms with E-state index in [4.69, 9.17) is 10.5 Å². The minimum absolute atomic E-state index is 0.117. The average molecular weight is 252 g/mol. The van der Waals surface area contributed by atoms with Gasteiger partial charge in [-0.05, 0) is 12.0 Å². The smallest absolute Gasteiger partial charge is 0.250 e. The molecule has 0 aliphatic carbocycles. The van der Waals surface area contributed by atoms with Crippen LogP contribution in [0.4, 0.5) is 0 Å². The van der Waals surface area contributed by atoms with Gasteiger partial charge in [-0.15, -0.1) is 0 Å². The van der Waals surface area contributed by atoms with Crippen LogP contribution in [0.3, 0.4) is 0 Å². The number of aliphatic hydroxyl groups excluding tert-OH is 1. The number of carbonyl (C=O) groups excluding carboxylic acids is 1. The molecule has 0 saturated carbocycles. The zero-order valence-corrected chi connectivity index (χ0v) is 10.5. The molecule has 1 aromatic rings. The molecule has 1 unspecified atom stereocenters. The summed E-state index contributed by atoms with van der Waals surface area (Å²) in [6, 6.07) is 9.33. The molecule has 1 amide bonds. The maximum atomic E-state index is 11.7. The van der Waals surface area contributed by atoms with Crippen molar-refractivity contribution in [2.75, 3.05) is 20.3 Å². The highest BCUT2D eigenvalue weighted by Gasteiger charge is 2.19. The maximum absolute atomic E-state index is 11.7. The zero-order chi connectivity index (χ0) is 13.4. The van der Waals surface area contributed by atoms with Crippen LogP contribution in [0.5, 0.6) is 0 Å². The van der Waals surface area contributed by atoms with E-state index in [9.17, 15) is 9.90 Å². The predicted molar refractivity (Wildman–Crippen MR) is 69.0 cm³/mol. The van der Waals surface area contributed by atoms with Gasteiger partial charge in [-0.2, -0.15) is 0 Å². The van der Waals surface area contributed by atoms with Crippen molar-refractivity contribution in [3.8, 4) is 0 Å². The van der Waals surface area contributed by atoms with Crippen molar-refractivity contribution in [3.63, 3.8) is 0 Å². The molecule has 0 aliphatic rings. The van der Waals surface area contributed by atoms with Crippen molar-refractivity contribution in [1.82, 2.24) is 5.32 Å². The van der Waals surface area contributed by atoms with Gasteiger partial charge in [0, 0.05) is 13.7 Å². The van der Waals surface area contributed by atoms with E-state index in [2.05, 4.69) is 5.32 Å². The molecular weight excluding hydrogens is 232 g/mol. The van der Waals surface area contributed by atoms with E-state index in [1.165, 1.54) is 7.11 Å². The average Bonchev–Trinajstić information content (AvgIpc) is 2.40. The molecule has 0 aliphatic heterocycles. The van der Waals surface area contributed by atoms with E-state index in [1.54, 1.807) is 0 Å². The summed E-state index contributed by atoms with van der Waals surface area (Å²) in [5.41, 5.74) is 6.46. The summed E-state index contributed by atoms with van der Waals surface area (Å²) in [5, 5.41) is 12.0. The molecule has 5 heteroatoms. The number of ether oxygens (including phenoxy) is 1. The Kier molecular flexibility index (Phi) is 6.35. The predicted octanol–water partition coefficient (Wildman–Crippen LogP) is -0.320. The number of nitrogens with two attached hydrogens (primary N) is 1. The Morgan fingerprint density at radius 3 is 2.61 bits per heavy atom. The van der Waals surface area contributed by atoms with Crippen molar-refractivity contribution in [1.29, 1.82) is 0 Å². The lowest BCUT2D eigenvalue weighted by Crippen LogP contribution is -2.47. The summed E-state index contributed by atoms with van der Waals surface area (Å²) in [5.74, 6) is -0.296. The highest BCUT2D eigenvalue weighted by molar-refractivity contribution is 5.81. The molecule has 18 heavy (non-hydrogen) atoms. The third-order valence-corrected chi connectivity index (χ3v) is 2.68. The first kappa shape index (κ1) is 14.6. The van der Waals surface area contributed by atoms with Crippen molar-refractivity contribution in [3.05, 3.63) is 35.9 Å². The summed E-state index contributed by atoms with van der Waals surface area (Å²) in [6.45, 7) is -0.00649. The fraction of sp³-hybridized carbons (Fsp3) is 0.462. The third kappa shape index (κ3) is 4.44. The van der Waals surface area contributed by atoms with Crippen LogP contribution in [0, 0.1) is 0 Å². The Morgan fingerprint density at radius 1 is 1.44 bits per heavy atom. The van der Waals surface area contributed by atoms with Crippen LogP contribution in [0.15, 0.2) is 30.3 Å². The first-order valence-corrected chi connectivity index (χ1v) is 5.89. The summed E-state index contributed by atoms with van der Waals surface area (Å²) < 4.78 is 4.94. The molecule has 100 valence electrons. The lowest BCUT2D eigenvalue weighted by molar-refractivity contribution is -0.131. The normalized spacial score (nSPS) is 13.9. The Balaban J connectivity index is 2.54. The topological polar surface area (TPSA) is 84.6 Å². The second-order valence-electron chi connectivity index (χ2n) is 4.04. The highest BCUT2D eigenvalue weighted by atomic mass is 16.5. The number of aliphatic hydroxyl groups is 1. The summed E-state index contributed by atoms with van der Waals surface area (Å²) in [6.07, 6.45) is -0.0980. The Hall–Kier alpha value is -1.43. The zero-order valence-electron chi connectivity index (χ0n) is 10.5. The second-order valence-corrected chi connectivity index (χ2v) is 4.04. The fourth-order valence-corrected chi connectivity index (χ4v) is 1.66. The molecule has 4 N–H and O–H groups in total. The molecule has 5 nitrogen and oxygen atoms in total. The van der Waals surface area contributed by atoms with E-state index in [0.29, 0.717) is 6.42 Å². The van der Waals surface area contributed by atoms with Crippen LogP contribution in [0.25, 0.3) is 0 Å². The van der Waals surface area contributed by atoms with E-state index in [1.807, 2.05) is 30.3 Å². The van der Waals surface area contributed by atoms with Gasteiger partial charge in [0.1, 0.15) is 6.10 Å². The number of hydrogen-bond donors (Lipinski definition) is 3. The molecule has 0 radical (unpaired) electrons.